The first-order valence-corrected chi connectivity index (χ1v) is 6.68. The molecule has 1 aromatic rings. The van der Waals surface area contributed by atoms with Crippen LogP contribution >= 0.6 is 0 Å². The second-order valence-electron chi connectivity index (χ2n) is 5.18. The molecular weight excluding hydrogens is 287 g/mol. The molecule has 1 saturated heterocycles. The highest BCUT2D eigenvalue weighted by Gasteiger charge is 2.31. The van der Waals surface area contributed by atoms with Crippen LogP contribution in [0.25, 0.3) is 0 Å². The Balaban J connectivity index is 1.86. The molecule has 0 radical (unpaired) electrons. The Hall–Kier alpha value is -1.15. The summed E-state index contributed by atoms with van der Waals surface area (Å²) in [5.74, 6) is -0.278. The molecule has 7 heteroatoms. The first-order valence-electron chi connectivity index (χ1n) is 6.68. The molecule has 0 aromatic heterocycles. The third-order valence-corrected chi connectivity index (χ3v) is 3.49. The second-order valence-corrected chi connectivity index (χ2v) is 5.18. The van der Waals surface area contributed by atoms with Crippen molar-refractivity contribution in [2.75, 3.05) is 19.8 Å². The number of hydrogen-bond acceptors (Lipinski definition) is 4. The molecule has 0 aliphatic carbocycles. The van der Waals surface area contributed by atoms with Crippen LogP contribution in [-0.2, 0) is 17.5 Å². The van der Waals surface area contributed by atoms with Crippen molar-refractivity contribution in [3.8, 4) is 0 Å². The summed E-state index contributed by atoms with van der Waals surface area (Å²) in [5, 5.41) is 22.2. The first kappa shape index (κ1) is 16.2. The van der Waals surface area contributed by atoms with E-state index in [2.05, 4.69) is 5.32 Å². The molecule has 1 aromatic carbocycles. The maximum absolute atomic E-state index is 12.6. The Morgan fingerprint density at radius 3 is 2.71 bits per heavy atom. The van der Waals surface area contributed by atoms with Gasteiger partial charge in [-0.15, -0.1) is 0 Å². The Kier molecular flexibility index (Phi) is 5.21. The van der Waals surface area contributed by atoms with E-state index in [1.807, 2.05) is 0 Å². The van der Waals surface area contributed by atoms with Gasteiger partial charge in [-0.1, -0.05) is 18.2 Å². The number of halogens is 3. The molecule has 0 bridgehead atoms. The van der Waals surface area contributed by atoms with Gasteiger partial charge in [0, 0.05) is 19.0 Å². The number of aliphatic hydroxyl groups excluding tert-OH is 2. The van der Waals surface area contributed by atoms with Crippen molar-refractivity contribution in [1.82, 2.24) is 5.32 Å². The van der Waals surface area contributed by atoms with Crippen molar-refractivity contribution in [2.45, 2.75) is 24.9 Å². The molecule has 0 spiro atoms. The smallest absolute Gasteiger partial charge is 0.390 e. The molecule has 1 aliphatic rings. The molecule has 1 fully saturated rings. The number of aliphatic hydroxyl groups is 2. The second kappa shape index (κ2) is 6.74. The van der Waals surface area contributed by atoms with Gasteiger partial charge in [0.2, 0.25) is 0 Å². The highest BCUT2D eigenvalue weighted by molar-refractivity contribution is 5.25. The van der Waals surface area contributed by atoms with Crippen LogP contribution in [0, 0.1) is 5.92 Å². The minimum atomic E-state index is -4.35. The average Bonchev–Trinajstić information content (AvgIpc) is 2.43. The van der Waals surface area contributed by atoms with Crippen LogP contribution in [0.15, 0.2) is 24.3 Å². The zero-order chi connectivity index (χ0) is 15.5. The summed E-state index contributed by atoms with van der Waals surface area (Å²) in [6.45, 7) is 1.02. The summed E-state index contributed by atoms with van der Waals surface area (Å²) in [5.41, 5.74) is -0.171. The van der Waals surface area contributed by atoms with Crippen molar-refractivity contribution >= 4 is 0 Å². The van der Waals surface area contributed by atoms with Crippen LogP contribution in [0.3, 0.4) is 0 Å². The summed E-state index contributed by atoms with van der Waals surface area (Å²) >= 11 is 0. The van der Waals surface area contributed by atoms with Crippen LogP contribution < -0.4 is 5.32 Å². The number of alkyl halides is 3. The fraction of sp³-hybridized carbons (Fsp3) is 0.571. The van der Waals surface area contributed by atoms with E-state index in [0.717, 1.165) is 12.1 Å². The van der Waals surface area contributed by atoms with Gasteiger partial charge < -0.3 is 20.3 Å². The Morgan fingerprint density at radius 2 is 2.00 bits per heavy atom. The fourth-order valence-corrected chi connectivity index (χ4v) is 2.29. The molecule has 0 unspecified atom stereocenters. The van der Waals surface area contributed by atoms with Crippen molar-refractivity contribution in [3.05, 3.63) is 35.4 Å². The number of ether oxygens (including phenoxy) is 1. The van der Waals surface area contributed by atoms with Crippen LogP contribution in [0.2, 0.25) is 0 Å². The van der Waals surface area contributed by atoms with Crippen molar-refractivity contribution in [1.29, 1.82) is 0 Å². The van der Waals surface area contributed by atoms with Gasteiger partial charge in [-0.05, 0) is 11.6 Å². The van der Waals surface area contributed by atoms with Gasteiger partial charge in [0.25, 0.3) is 0 Å². The highest BCUT2D eigenvalue weighted by Crippen LogP contribution is 2.29. The lowest BCUT2D eigenvalue weighted by molar-refractivity contribution is -0.137. The standard InChI is InChI=1S/C14H18F3NO3/c15-14(16,17)11-3-1-2-9(4-11)5-18-6-10-7-21-8-12(19)13(10)20/h1-4,10,12-13,18-20H,5-8H2/t10-,12-,13+/m1/s1. The minimum absolute atomic E-state index is 0.102. The molecule has 1 aliphatic heterocycles. The van der Waals surface area contributed by atoms with E-state index in [1.165, 1.54) is 6.07 Å². The molecule has 2 rings (SSSR count). The monoisotopic (exact) mass is 305 g/mol. The maximum atomic E-state index is 12.6. The predicted molar refractivity (Wildman–Crippen MR) is 69.5 cm³/mol. The lowest BCUT2D eigenvalue weighted by atomic mass is 9.96. The fourth-order valence-electron chi connectivity index (χ4n) is 2.29. The summed E-state index contributed by atoms with van der Waals surface area (Å²) in [6, 6.07) is 5.08. The van der Waals surface area contributed by atoms with Gasteiger partial charge in [-0.2, -0.15) is 13.2 Å². The zero-order valence-corrected chi connectivity index (χ0v) is 11.3. The molecule has 4 nitrogen and oxygen atoms in total. The number of benzene rings is 1. The summed E-state index contributed by atoms with van der Waals surface area (Å²) < 4.78 is 42.9. The van der Waals surface area contributed by atoms with Crippen LogP contribution in [-0.4, -0.2) is 42.2 Å². The van der Waals surface area contributed by atoms with Crippen molar-refractivity contribution in [2.24, 2.45) is 5.92 Å². The van der Waals surface area contributed by atoms with Crippen LogP contribution in [0.4, 0.5) is 13.2 Å². The molecule has 21 heavy (non-hydrogen) atoms. The quantitative estimate of drug-likeness (QED) is 0.781. The van der Waals surface area contributed by atoms with Gasteiger partial charge in [-0.3, -0.25) is 0 Å². The lowest BCUT2D eigenvalue weighted by Gasteiger charge is -2.31. The van der Waals surface area contributed by atoms with Crippen LogP contribution in [0.1, 0.15) is 11.1 Å². The molecule has 1 heterocycles. The first-order chi connectivity index (χ1) is 9.88. The van der Waals surface area contributed by atoms with Crippen molar-refractivity contribution in [3.63, 3.8) is 0 Å². The third-order valence-electron chi connectivity index (χ3n) is 3.49. The molecule has 0 amide bonds. The third kappa shape index (κ3) is 4.41. The molecule has 0 saturated carbocycles. The summed E-state index contributed by atoms with van der Waals surface area (Å²) in [7, 11) is 0. The predicted octanol–water partition coefficient (Wildman–Crippen LogP) is 1.16. The lowest BCUT2D eigenvalue weighted by Crippen LogP contribution is -2.47. The molecule has 118 valence electrons. The van der Waals surface area contributed by atoms with E-state index < -0.39 is 23.9 Å². The number of hydrogen-bond donors (Lipinski definition) is 3. The highest BCUT2D eigenvalue weighted by atomic mass is 19.4. The molecular formula is C14H18F3NO3. The van der Waals surface area contributed by atoms with Gasteiger partial charge in [-0.25, -0.2) is 0 Å². The Labute approximate surface area is 120 Å². The van der Waals surface area contributed by atoms with Gasteiger partial charge in [0.15, 0.2) is 0 Å². The average molecular weight is 305 g/mol. The largest absolute Gasteiger partial charge is 0.416 e. The van der Waals surface area contributed by atoms with Gasteiger partial charge >= 0.3 is 6.18 Å². The zero-order valence-electron chi connectivity index (χ0n) is 11.3. The van der Waals surface area contributed by atoms with E-state index in [0.29, 0.717) is 18.7 Å². The van der Waals surface area contributed by atoms with E-state index in [-0.39, 0.29) is 19.1 Å². The maximum Gasteiger partial charge on any atom is 0.416 e. The normalized spacial score (nSPS) is 26.8. The van der Waals surface area contributed by atoms with Crippen molar-refractivity contribution < 1.29 is 28.1 Å². The van der Waals surface area contributed by atoms with E-state index in [4.69, 9.17) is 4.74 Å². The van der Waals surface area contributed by atoms with Crippen LogP contribution in [0.5, 0.6) is 0 Å². The summed E-state index contributed by atoms with van der Waals surface area (Å²) in [4.78, 5) is 0. The van der Waals surface area contributed by atoms with Gasteiger partial charge in [0.1, 0.15) is 6.10 Å². The SMILES string of the molecule is O[C@H]1[C@H](CNCc2cccc(C(F)(F)F)c2)COC[C@H]1O. The topological polar surface area (TPSA) is 61.7 Å². The molecule has 3 atom stereocenters. The Morgan fingerprint density at radius 1 is 1.24 bits per heavy atom. The van der Waals surface area contributed by atoms with E-state index in [1.54, 1.807) is 6.07 Å². The van der Waals surface area contributed by atoms with E-state index >= 15 is 0 Å². The van der Waals surface area contributed by atoms with E-state index in [9.17, 15) is 23.4 Å². The Bertz CT molecular complexity index is 467. The number of nitrogens with one attached hydrogen (secondary N) is 1. The minimum Gasteiger partial charge on any atom is -0.390 e. The van der Waals surface area contributed by atoms with Gasteiger partial charge in [0.05, 0.1) is 24.9 Å². The molecule has 3 N–H and O–H groups in total. The number of rotatable bonds is 4. The summed E-state index contributed by atoms with van der Waals surface area (Å²) in [6.07, 6.45) is -6.15.